The number of hydrogen-bond donors (Lipinski definition) is 1. The Labute approximate surface area is 130 Å². The summed E-state index contributed by atoms with van der Waals surface area (Å²) in [6.45, 7) is 14.5. The maximum absolute atomic E-state index is 12.8. The minimum atomic E-state index is -0.406. The van der Waals surface area contributed by atoms with Crippen molar-refractivity contribution in [3.05, 3.63) is 0 Å². The molecule has 0 aromatic heterocycles. The molecule has 4 heteroatoms. The summed E-state index contributed by atoms with van der Waals surface area (Å²) in [5.74, 6) is 0.820. The molecular weight excluding hydrogens is 264 g/mol. The number of methoxy groups -OCH3 is 1. The van der Waals surface area contributed by atoms with E-state index in [0.717, 1.165) is 32.4 Å². The molecule has 0 saturated carbocycles. The molecule has 1 heterocycles. The average molecular weight is 298 g/mol. The number of carbonyl (C=O) groups excluding carboxylic acids is 1. The Kier molecular flexibility index (Phi) is 6.23. The summed E-state index contributed by atoms with van der Waals surface area (Å²) >= 11 is 0. The van der Waals surface area contributed by atoms with Crippen LogP contribution in [-0.2, 0) is 9.53 Å². The van der Waals surface area contributed by atoms with E-state index < -0.39 is 5.54 Å². The molecule has 0 bridgehead atoms. The first-order valence-corrected chi connectivity index (χ1v) is 8.23. The predicted molar refractivity (Wildman–Crippen MR) is 87.1 cm³/mol. The van der Waals surface area contributed by atoms with Gasteiger partial charge in [0.25, 0.3) is 0 Å². The first-order valence-electron chi connectivity index (χ1n) is 8.23. The summed E-state index contributed by atoms with van der Waals surface area (Å²) in [6, 6.07) is 0. The summed E-state index contributed by atoms with van der Waals surface area (Å²) < 4.78 is 5.20. The minimum Gasteiger partial charge on any atom is -0.385 e. The van der Waals surface area contributed by atoms with Gasteiger partial charge in [0.15, 0.2) is 0 Å². The number of rotatable bonds is 8. The van der Waals surface area contributed by atoms with Gasteiger partial charge in [-0.05, 0) is 37.5 Å². The van der Waals surface area contributed by atoms with Crippen molar-refractivity contribution in [2.24, 2.45) is 11.3 Å². The topological polar surface area (TPSA) is 41.6 Å². The zero-order chi connectivity index (χ0) is 16.3. The number of nitrogens with one attached hydrogen (secondary N) is 1. The van der Waals surface area contributed by atoms with Crippen LogP contribution in [0.1, 0.15) is 60.8 Å². The first kappa shape index (κ1) is 18.4. The van der Waals surface area contributed by atoms with Gasteiger partial charge in [-0.25, -0.2) is 0 Å². The van der Waals surface area contributed by atoms with E-state index in [0.29, 0.717) is 5.92 Å². The van der Waals surface area contributed by atoms with Crippen LogP contribution in [0.15, 0.2) is 0 Å². The van der Waals surface area contributed by atoms with Crippen molar-refractivity contribution in [1.82, 2.24) is 10.2 Å². The van der Waals surface area contributed by atoms with Gasteiger partial charge < -0.3 is 9.64 Å². The second-order valence-electron chi connectivity index (χ2n) is 7.82. The standard InChI is InChI=1S/C17H34N2O2/c1-8-17(6)15(20)19(14(18-17)11-13(2)3)12-16(4,5)9-10-21-7/h13-14,18H,8-12H2,1-7H3. The monoisotopic (exact) mass is 298 g/mol. The van der Waals surface area contributed by atoms with E-state index in [9.17, 15) is 4.79 Å². The van der Waals surface area contributed by atoms with E-state index in [1.54, 1.807) is 7.11 Å². The van der Waals surface area contributed by atoms with Crippen molar-refractivity contribution < 1.29 is 9.53 Å². The lowest BCUT2D eigenvalue weighted by molar-refractivity contribution is -0.134. The molecule has 0 radical (unpaired) electrons. The fourth-order valence-electron chi connectivity index (χ4n) is 2.95. The molecule has 1 rings (SSSR count). The molecule has 0 aromatic rings. The van der Waals surface area contributed by atoms with Crippen LogP contribution in [0.5, 0.6) is 0 Å². The Hall–Kier alpha value is -0.610. The number of nitrogens with zero attached hydrogens (tertiary/aromatic N) is 1. The Morgan fingerprint density at radius 2 is 2.05 bits per heavy atom. The Morgan fingerprint density at radius 3 is 2.52 bits per heavy atom. The Morgan fingerprint density at radius 1 is 1.43 bits per heavy atom. The minimum absolute atomic E-state index is 0.0710. The highest BCUT2D eigenvalue weighted by Gasteiger charge is 2.47. The van der Waals surface area contributed by atoms with Crippen LogP contribution < -0.4 is 5.32 Å². The molecule has 1 fully saturated rings. The van der Waals surface area contributed by atoms with E-state index in [-0.39, 0.29) is 17.5 Å². The lowest BCUT2D eigenvalue weighted by Gasteiger charge is -2.34. The fraction of sp³-hybridized carbons (Fsp3) is 0.941. The van der Waals surface area contributed by atoms with E-state index in [1.165, 1.54) is 0 Å². The van der Waals surface area contributed by atoms with Gasteiger partial charge in [0.2, 0.25) is 5.91 Å². The molecule has 1 saturated heterocycles. The average Bonchev–Trinajstić information content (AvgIpc) is 2.61. The van der Waals surface area contributed by atoms with Gasteiger partial charge in [-0.3, -0.25) is 10.1 Å². The molecule has 1 amide bonds. The largest absolute Gasteiger partial charge is 0.385 e. The van der Waals surface area contributed by atoms with Crippen LogP contribution in [0.2, 0.25) is 0 Å². The van der Waals surface area contributed by atoms with Gasteiger partial charge in [-0.1, -0.05) is 34.6 Å². The molecule has 0 aromatic carbocycles. The molecule has 0 spiro atoms. The third-order valence-corrected chi connectivity index (χ3v) is 4.58. The number of amides is 1. The summed E-state index contributed by atoms with van der Waals surface area (Å²) in [4.78, 5) is 14.9. The highest BCUT2D eigenvalue weighted by Crippen LogP contribution is 2.31. The Balaban J connectivity index is 2.86. The molecule has 4 nitrogen and oxygen atoms in total. The molecule has 1 aliphatic rings. The van der Waals surface area contributed by atoms with Gasteiger partial charge >= 0.3 is 0 Å². The maximum atomic E-state index is 12.8. The number of ether oxygens (including phenoxy) is 1. The molecule has 124 valence electrons. The lowest BCUT2D eigenvalue weighted by atomic mass is 9.88. The zero-order valence-electron chi connectivity index (χ0n) is 15.0. The molecule has 21 heavy (non-hydrogen) atoms. The van der Waals surface area contributed by atoms with Crippen LogP contribution in [0.3, 0.4) is 0 Å². The van der Waals surface area contributed by atoms with E-state index in [1.807, 2.05) is 6.92 Å². The van der Waals surface area contributed by atoms with Crippen LogP contribution >= 0.6 is 0 Å². The highest BCUT2D eigenvalue weighted by molar-refractivity contribution is 5.88. The second kappa shape index (κ2) is 7.10. The predicted octanol–water partition coefficient (Wildman–Crippen LogP) is 3.02. The summed E-state index contributed by atoms with van der Waals surface area (Å²) in [5.41, 5.74) is -0.335. The van der Waals surface area contributed by atoms with E-state index in [4.69, 9.17) is 4.74 Å². The number of carbonyl (C=O) groups is 1. The second-order valence-corrected chi connectivity index (χ2v) is 7.82. The van der Waals surface area contributed by atoms with Crippen molar-refractivity contribution in [1.29, 1.82) is 0 Å². The first-order chi connectivity index (χ1) is 9.65. The third kappa shape index (κ3) is 4.68. The van der Waals surface area contributed by atoms with Gasteiger partial charge in [0.05, 0.1) is 11.7 Å². The van der Waals surface area contributed by atoms with Crippen molar-refractivity contribution >= 4 is 5.91 Å². The highest BCUT2D eigenvalue weighted by atomic mass is 16.5. The van der Waals surface area contributed by atoms with Crippen molar-refractivity contribution in [2.75, 3.05) is 20.3 Å². The normalized spacial score (nSPS) is 27.0. The molecular formula is C17H34N2O2. The SMILES string of the molecule is CCC1(C)NC(CC(C)C)N(CC(C)(C)CCOC)C1=O. The van der Waals surface area contributed by atoms with Gasteiger partial charge in [0, 0.05) is 20.3 Å². The van der Waals surface area contributed by atoms with Gasteiger partial charge in [-0.15, -0.1) is 0 Å². The summed E-state index contributed by atoms with van der Waals surface area (Å²) in [7, 11) is 1.73. The fourth-order valence-corrected chi connectivity index (χ4v) is 2.95. The van der Waals surface area contributed by atoms with Crippen LogP contribution in [0, 0.1) is 11.3 Å². The van der Waals surface area contributed by atoms with Gasteiger partial charge in [-0.2, -0.15) is 0 Å². The summed E-state index contributed by atoms with van der Waals surface area (Å²) in [6.07, 6.45) is 2.95. The molecule has 1 aliphatic heterocycles. The molecule has 2 atom stereocenters. The van der Waals surface area contributed by atoms with E-state index in [2.05, 4.69) is 44.8 Å². The van der Waals surface area contributed by atoms with Crippen molar-refractivity contribution in [2.45, 2.75) is 72.5 Å². The third-order valence-electron chi connectivity index (χ3n) is 4.58. The van der Waals surface area contributed by atoms with Crippen LogP contribution in [0.4, 0.5) is 0 Å². The van der Waals surface area contributed by atoms with Crippen molar-refractivity contribution in [3.63, 3.8) is 0 Å². The van der Waals surface area contributed by atoms with Crippen LogP contribution in [-0.4, -0.2) is 42.8 Å². The smallest absolute Gasteiger partial charge is 0.243 e. The van der Waals surface area contributed by atoms with Crippen molar-refractivity contribution in [3.8, 4) is 0 Å². The quantitative estimate of drug-likeness (QED) is 0.749. The maximum Gasteiger partial charge on any atom is 0.243 e. The zero-order valence-corrected chi connectivity index (χ0v) is 15.0. The van der Waals surface area contributed by atoms with E-state index >= 15 is 0 Å². The molecule has 2 unspecified atom stereocenters. The van der Waals surface area contributed by atoms with Crippen LogP contribution in [0.25, 0.3) is 0 Å². The number of hydrogen-bond acceptors (Lipinski definition) is 3. The molecule has 1 N–H and O–H groups in total. The summed E-state index contributed by atoms with van der Waals surface area (Å²) in [5, 5.41) is 3.57. The molecule has 0 aliphatic carbocycles. The Bertz CT molecular complexity index is 355. The van der Waals surface area contributed by atoms with Gasteiger partial charge in [0.1, 0.15) is 0 Å². The lowest BCUT2D eigenvalue weighted by Crippen LogP contribution is -2.44.